The molecule has 4 nitrogen and oxygen atoms in total. The minimum absolute atomic E-state index is 0.0846. The van der Waals surface area contributed by atoms with Crippen molar-refractivity contribution in [3.63, 3.8) is 0 Å². The van der Waals surface area contributed by atoms with Crippen molar-refractivity contribution >= 4 is 11.9 Å². The lowest BCUT2D eigenvalue weighted by atomic mass is 9.81. The minimum atomic E-state index is -0.817. The first-order valence-electron chi connectivity index (χ1n) is 9.77. The Kier molecular flexibility index (Phi) is 4.97. The first-order chi connectivity index (χ1) is 13.1. The molecule has 4 rings (SSSR count). The van der Waals surface area contributed by atoms with Crippen molar-refractivity contribution in [3.8, 4) is 0 Å². The SMILES string of the molecule is O=C(O)C1CN(C(=O)CC2CCCc3ccccc32)CC1c1ccccc1. The average Bonchev–Trinajstić information content (AvgIpc) is 3.15. The van der Waals surface area contributed by atoms with Gasteiger partial charge in [-0.2, -0.15) is 0 Å². The van der Waals surface area contributed by atoms with Crippen molar-refractivity contribution in [2.45, 2.75) is 37.5 Å². The summed E-state index contributed by atoms with van der Waals surface area (Å²) in [6.07, 6.45) is 3.70. The van der Waals surface area contributed by atoms with Crippen LogP contribution < -0.4 is 0 Å². The molecule has 1 N–H and O–H groups in total. The summed E-state index contributed by atoms with van der Waals surface area (Å²) < 4.78 is 0. The standard InChI is InChI=1S/C23H25NO3/c25-22(13-18-11-6-10-16-9-4-5-12-19(16)18)24-14-20(21(15-24)23(26)27)17-7-2-1-3-8-17/h1-5,7-9,12,18,20-21H,6,10-11,13-15H2,(H,26,27). The highest BCUT2D eigenvalue weighted by Gasteiger charge is 2.40. The van der Waals surface area contributed by atoms with Gasteiger partial charge in [0.15, 0.2) is 0 Å². The lowest BCUT2D eigenvalue weighted by Crippen LogP contribution is -2.31. The monoisotopic (exact) mass is 363 g/mol. The number of hydrogen-bond donors (Lipinski definition) is 1. The number of hydrogen-bond acceptors (Lipinski definition) is 2. The number of amides is 1. The Morgan fingerprint density at radius 2 is 1.74 bits per heavy atom. The van der Waals surface area contributed by atoms with Crippen molar-refractivity contribution < 1.29 is 14.7 Å². The first-order valence-corrected chi connectivity index (χ1v) is 9.77. The normalized spacial score (nSPS) is 24.4. The number of carbonyl (C=O) groups excluding carboxylic acids is 1. The zero-order chi connectivity index (χ0) is 18.8. The van der Waals surface area contributed by atoms with E-state index in [1.54, 1.807) is 4.90 Å². The van der Waals surface area contributed by atoms with Crippen molar-refractivity contribution in [3.05, 3.63) is 71.3 Å². The predicted octanol–water partition coefficient (Wildman–Crippen LogP) is 3.82. The molecule has 4 heteroatoms. The fourth-order valence-electron chi connectivity index (χ4n) is 4.70. The third-order valence-corrected chi connectivity index (χ3v) is 6.13. The van der Waals surface area contributed by atoms with E-state index in [0.717, 1.165) is 24.8 Å². The maximum Gasteiger partial charge on any atom is 0.308 e. The van der Waals surface area contributed by atoms with Crippen molar-refractivity contribution in [2.75, 3.05) is 13.1 Å². The van der Waals surface area contributed by atoms with Crippen LogP contribution in [0.2, 0.25) is 0 Å². The summed E-state index contributed by atoms with van der Waals surface area (Å²) in [5, 5.41) is 9.66. The van der Waals surface area contributed by atoms with E-state index in [2.05, 4.69) is 18.2 Å². The number of rotatable bonds is 4. The lowest BCUT2D eigenvalue weighted by Gasteiger charge is -2.27. The van der Waals surface area contributed by atoms with Crippen LogP contribution in [0.3, 0.4) is 0 Å². The van der Waals surface area contributed by atoms with Gasteiger partial charge in [-0.25, -0.2) is 0 Å². The van der Waals surface area contributed by atoms with Gasteiger partial charge in [0.2, 0.25) is 5.91 Å². The van der Waals surface area contributed by atoms with Gasteiger partial charge in [-0.1, -0.05) is 54.6 Å². The van der Waals surface area contributed by atoms with Crippen LogP contribution in [-0.4, -0.2) is 35.0 Å². The van der Waals surface area contributed by atoms with Gasteiger partial charge in [0, 0.05) is 25.4 Å². The van der Waals surface area contributed by atoms with Gasteiger partial charge in [0.1, 0.15) is 0 Å². The topological polar surface area (TPSA) is 57.6 Å². The van der Waals surface area contributed by atoms with Gasteiger partial charge < -0.3 is 10.0 Å². The summed E-state index contributed by atoms with van der Waals surface area (Å²) in [7, 11) is 0. The number of fused-ring (bicyclic) bond motifs is 1. The molecule has 0 aromatic heterocycles. The van der Waals surface area contributed by atoms with Crippen molar-refractivity contribution in [1.82, 2.24) is 4.90 Å². The Labute approximate surface area is 159 Å². The Balaban J connectivity index is 1.49. The number of nitrogens with zero attached hydrogens (tertiary/aromatic N) is 1. The van der Waals surface area contributed by atoms with E-state index in [1.165, 1.54) is 11.1 Å². The molecule has 27 heavy (non-hydrogen) atoms. The summed E-state index contributed by atoms with van der Waals surface area (Å²) in [5.74, 6) is -1.15. The van der Waals surface area contributed by atoms with Crippen LogP contribution in [0, 0.1) is 5.92 Å². The molecule has 0 radical (unpaired) electrons. The number of aliphatic carboxylic acids is 1. The second kappa shape index (κ2) is 7.55. The zero-order valence-electron chi connectivity index (χ0n) is 15.4. The molecule has 140 valence electrons. The second-order valence-electron chi connectivity index (χ2n) is 7.75. The van der Waals surface area contributed by atoms with Crippen LogP contribution in [0.25, 0.3) is 0 Å². The number of carboxylic acids is 1. The van der Waals surface area contributed by atoms with Crippen LogP contribution in [0.15, 0.2) is 54.6 Å². The maximum absolute atomic E-state index is 13.0. The zero-order valence-corrected chi connectivity index (χ0v) is 15.4. The third kappa shape index (κ3) is 3.61. The molecule has 0 spiro atoms. The summed E-state index contributed by atoms with van der Waals surface area (Å²) in [4.78, 5) is 26.5. The molecule has 2 aromatic carbocycles. The van der Waals surface area contributed by atoms with Crippen LogP contribution >= 0.6 is 0 Å². The second-order valence-corrected chi connectivity index (χ2v) is 7.75. The largest absolute Gasteiger partial charge is 0.481 e. The minimum Gasteiger partial charge on any atom is -0.481 e. The van der Waals surface area contributed by atoms with Gasteiger partial charge in [-0.3, -0.25) is 9.59 Å². The molecule has 3 unspecified atom stereocenters. The van der Waals surface area contributed by atoms with E-state index >= 15 is 0 Å². The predicted molar refractivity (Wildman–Crippen MR) is 104 cm³/mol. The molecule has 3 atom stereocenters. The summed E-state index contributed by atoms with van der Waals surface area (Å²) in [5.41, 5.74) is 3.66. The molecule has 0 saturated carbocycles. The highest BCUT2D eigenvalue weighted by molar-refractivity contribution is 5.80. The smallest absolute Gasteiger partial charge is 0.308 e. The van der Waals surface area contributed by atoms with Crippen LogP contribution in [0.5, 0.6) is 0 Å². The van der Waals surface area contributed by atoms with E-state index in [-0.39, 0.29) is 17.7 Å². The molecular formula is C23H25NO3. The highest BCUT2D eigenvalue weighted by atomic mass is 16.4. The number of aryl methyl sites for hydroxylation is 1. The van der Waals surface area contributed by atoms with Gasteiger partial charge in [0.25, 0.3) is 0 Å². The highest BCUT2D eigenvalue weighted by Crippen LogP contribution is 2.37. The summed E-state index contributed by atoms with van der Waals surface area (Å²) >= 11 is 0. The molecule has 2 aliphatic rings. The number of benzene rings is 2. The fourth-order valence-corrected chi connectivity index (χ4v) is 4.70. The van der Waals surface area contributed by atoms with E-state index in [1.807, 2.05) is 36.4 Å². The number of carboxylic acid groups (broad SMARTS) is 1. The van der Waals surface area contributed by atoms with Gasteiger partial charge in [-0.05, 0) is 41.9 Å². The van der Waals surface area contributed by atoms with Gasteiger partial charge >= 0.3 is 5.97 Å². The Bertz CT molecular complexity index is 833. The molecule has 1 heterocycles. The molecule has 1 aliphatic carbocycles. The maximum atomic E-state index is 13.0. The molecular weight excluding hydrogens is 338 g/mol. The van der Waals surface area contributed by atoms with Gasteiger partial charge in [0.05, 0.1) is 5.92 Å². The van der Waals surface area contributed by atoms with E-state index < -0.39 is 11.9 Å². The quantitative estimate of drug-likeness (QED) is 0.898. The van der Waals surface area contributed by atoms with Crippen LogP contribution in [-0.2, 0) is 16.0 Å². The number of likely N-dealkylation sites (tertiary alicyclic amines) is 1. The van der Waals surface area contributed by atoms with Crippen molar-refractivity contribution in [2.24, 2.45) is 5.92 Å². The summed E-state index contributed by atoms with van der Waals surface area (Å²) in [6.45, 7) is 0.802. The Morgan fingerprint density at radius 3 is 2.52 bits per heavy atom. The van der Waals surface area contributed by atoms with E-state index in [4.69, 9.17) is 0 Å². The molecule has 1 saturated heterocycles. The van der Waals surface area contributed by atoms with E-state index in [0.29, 0.717) is 19.5 Å². The molecule has 1 fully saturated rings. The third-order valence-electron chi connectivity index (χ3n) is 6.13. The van der Waals surface area contributed by atoms with Crippen LogP contribution in [0.4, 0.5) is 0 Å². The molecule has 2 aromatic rings. The molecule has 0 bridgehead atoms. The Hall–Kier alpha value is -2.62. The fraction of sp³-hybridized carbons (Fsp3) is 0.391. The molecule has 1 amide bonds. The van der Waals surface area contributed by atoms with Crippen LogP contribution in [0.1, 0.15) is 47.8 Å². The van der Waals surface area contributed by atoms with Crippen molar-refractivity contribution in [1.29, 1.82) is 0 Å². The number of carbonyl (C=O) groups is 2. The summed E-state index contributed by atoms with van der Waals surface area (Å²) in [6, 6.07) is 18.1. The first kappa shape index (κ1) is 17.8. The Morgan fingerprint density at radius 1 is 1.00 bits per heavy atom. The molecule has 1 aliphatic heterocycles. The van der Waals surface area contributed by atoms with Gasteiger partial charge in [-0.15, -0.1) is 0 Å². The lowest BCUT2D eigenvalue weighted by molar-refractivity contribution is -0.141. The average molecular weight is 363 g/mol. The van der Waals surface area contributed by atoms with E-state index in [9.17, 15) is 14.7 Å².